The Morgan fingerprint density at radius 3 is 2.78 bits per heavy atom. The predicted molar refractivity (Wildman–Crippen MR) is 64.6 cm³/mol. The smallest absolute Gasteiger partial charge is 0.277 e. The zero-order valence-corrected chi connectivity index (χ0v) is 9.25. The highest BCUT2D eigenvalue weighted by molar-refractivity contribution is 5.86. The Hall–Kier alpha value is -2.56. The number of hydrogen-bond donors (Lipinski definition) is 0. The van der Waals surface area contributed by atoms with Crippen molar-refractivity contribution in [3.63, 3.8) is 0 Å². The third-order valence-corrected chi connectivity index (χ3v) is 2.43. The minimum atomic E-state index is -0.353. The van der Waals surface area contributed by atoms with Gasteiger partial charge in [-0.05, 0) is 24.3 Å². The zero-order valence-electron chi connectivity index (χ0n) is 9.25. The molecule has 1 heterocycles. The van der Waals surface area contributed by atoms with Crippen LogP contribution in [-0.4, -0.2) is 5.16 Å². The molecule has 88 valence electrons. The van der Waals surface area contributed by atoms with E-state index in [9.17, 15) is 4.39 Å². The van der Waals surface area contributed by atoms with Gasteiger partial charge in [0, 0.05) is 6.07 Å². The molecule has 3 aromatic rings. The molecule has 0 radical (unpaired) electrons. The van der Waals surface area contributed by atoms with Gasteiger partial charge in [0.15, 0.2) is 0 Å². The Morgan fingerprint density at radius 2 is 1.89 bits per heavy atom. The molecule has 1 aromatic heterocycles. The van der Waals surface area contributed by atoms with Gasteiger partial charge in [0.25, 0.3) is 5.88 Å². The summed E-state index contributed by atoms with van der Waals surface area (Å²) < 4.78 is 18.0. The summed E-state index contributed by atoms with van der Waals surface area (Å²) >= 11 is 0. The largest absolute Gasteiger partial charge is 0.334 e. The second kappa shape index (κ2) is 4.37. The fourth-order valence-electron chi connectivity index (χ4n) is 1.59. The van der Waals surface area contributed by atoms with Crippen molar-refractivity contribution in [2.45, 2.75) is 0 Å². The number of nitrogens with zero attached hydrogens (tertiary/aromatic N) is 3. The Morgan fingerprint density at radius 1 is 1.00 bits per heavy atom. The minimum absolute atomic E-state index is 0.315. The monoisotopic (exact) mass is 241 g/mol. The van der Waals surface area contributed by atoms with Crippen molar-refractivity contribution < 1.29 is 8.91 Å². The predicted octanol–water partition coefficient (Wildman–Crippen LogP) is 4.38. The molecule has 0 saturated heterocycles. The highest BCUT2D eigenvalue weighted by atomic mass is 19.1. The first-order chi connectivity index (χ1) is 8.83. The van der Waals surface area contributed by atoms with Crippen molar-refractivity contribution in [3.8, 4) is 0 Å². The number of aromatic nitrogens is 1. The van der Waals surface area contributed by atoms with Crippen LogP contribution >= 0.6 is 0 Å². The van der Waals surface area contributed by atoms with Crippen molar-refractivity contribution in [3.05, 3.63) is 54.3 Å². The van der Waals surface area contributed by atoms with E-state index >= 15 is 0 Å². The molecule has 0 spiro atoms. The maximum Gasteiger partial charge on any atom is 0.277 e. The van der Waals surface area contributed by atoms with Crippen LogP contribution in [-0.2, 0) is 0 Å². The molecule has 0 unspecified atom stereocenters. The van der Waals surface area contributed by atoms with Gasteiger partial charge in [0.2, 0.25) is 0 Å². The summed E-state index contributed by atoms with van der Waals surface area (Å²) in [7, 11) is 0. The normalized spacial score (nSPS) is 11.4. The molecule has 2 aromatic carbocycles. The lowest BCUT2D eigenvalue weighted by atomic mass is 10.2. The average Bonchev–Trinajstić information content (AvgIpc) is 2.80. The Labute approximate surface area is 102 Å². The van der Waals surface area contributed by atoms with Gasteiger partial charge < -0.3 is 4.52 Å². The van der Waals surface area contributed by atoms with Gasteiger partial charge in [0.05, 0.1) is 11.1 Å². The Balaban J connectivity index is 1.97. The van der Waals surface area contributed by atoms with Crippen LogP contribution in [0.15, 0.2) is 63.3 Å². The van der Waals surface area contributed by atoms with Gasteiger partial charge in [-0.15, -0.1) is 10.2 Å². The first kappa shape index (κ1) is 10.6. The lowest BCUT2D eigenvalue weighted by Gasteiger charge is -1.91. The summed E-state index contributed by atoms with van der Waals surface area (Å²) in [5.41, 5.74) is 1.14. The molecule has 0 atom stereocenters. The lowest BCUT2D eigenvalue weighted by Crippen LogP contribution is -1.69. The van der Waals surface area contributed by atoms with Crippen LogP contribution in [0.25, 0.3) is 10.9 Å². The van der Waals surface area contributed by atoms with Crippen LogP contribution < -0.4 is 0 Å². The molecule has 0 saturated carbocycles. The van der Waals surface area contributed by atoms with Gasteiger partial charge in [-0.25, -0.2) is 4.39 Å². The van der Waals surface area contributed by atoms with Crippen molar-refractivity contribution >= 4 is 22.5 Å². The van der Waals surface area contributed by atoms with Crippen molar-refractivity contribution in [2.75, 3.05) is 0 Å². The molecule has 0 N–H and O–H groups in total. The number of rotatable bonds is 2. The molecule has 0 aliphatic carbocycles. The number of azo groups is 1. The fourth-order valence-corrected chi connectivity index (χ4v) is 1.59. The summed E-state index contributed by atoms with van der Waals surface area (Å²) in [6, 6.07) is 13.3. The Kier molecular flexibility index (Phi) is 2.57. The van der Waals surface area contributed by atoms with E-state index in [1.807, 2.05) is 24.3 Å². The summed E-state index contributed by atoms with van der Waals surface area (Å²) in [6.07, 6.45) is 0. The molecule has 18 heavy (non-hydrogen) atoms. The number of hydrogen-bond acceptors (Lipinski definition) is 4. The van der Waals surface area contributed by atoms with E-state index in [-0.39, 0.29) is 5.82 Å². The van der Waals surface area contributed by atoms with E-state index in [0.717, 1.165) is 5.39 Å². The Bertz CT molecular complexity index is 721. The summed E-state index contributed by atoms with van der Waals surface area (Å²) in [4.78, 5) is 0. The van der Waals surface area contributed by atoms with E-state index < -0.39 is 0 Å². The first-order valence-corrected chi connectivity index (χ1v) is 5.35. The third kappa shape index (κ3) is 1.98. The highest BCUT2D eigenvalue weighted by Gasteiger charge is 2.05. The van der Waals surface area contributed by atoms with E-state index in [2.05, 4.69) is 15.4 Å². The lowest BCUT2D eigenvalue weighted by molar-refractivity contribution is 0.436. The molecule has 5 heteroatoms. The molecule has 0 fully saturated rings. The standard InChI is InChI=1S/C13H8FN3O/c14-9-4-3-5-10(8-9)15-16-13-11-6-1-2-7-12(11)17-18-13/h1-8H. The maximum absolute atomic E-state index is 12.9. The summed E-state index contributed by atoms with van der Waals surface area (Å²) in [6.45, 7) is 0. The van der Waals surface area contributed by atoms with E-state index in [1.165, 1.54) is 12.1 Å². The molecule has 3 rings (SSSR count). The molecular weight excluding hydrogens is 233 g/mol. The van der Waals surface area contributed by atoms with E-state index in [0.29, 0.717) is 17.1 Å². The van der Waals surface area contributed by atoms with Gasteiger partial charge in [0.1, 0.15) is 11.3 Å². The number of benzene rings is 2. The van der Waals surface area contributed by atoms with Crippen LogP contribution in [0.2, 0.25) is 0 Å². The van der Waals surface area contributed by atoms with Crippen molar-refractivity contribution in [1.29, 1.82) is 0 Å². The zero-order chi connectivity index (χ0) is 12.4. The average molecular weight is 241 g/mol. The van der Waals surface area contributed by atoms with E-state index in [1.54, 1.807) is 12.1 Å². The molecule has 4 nitrogen and oxygen atoms in total. The summed E-state index contributed by atoms with van der Waals surface area (Å²) in [5, 5.41) is 12.5. The molecular formula is C13H8FN3O. The maximum atomic E-state index is 12.9. The SMILES string of the molecule is Fc1cccc(N=Nc2onc3ccccc23)c1. The third-order valence-electron chi connectivity index (χ3n) is 2.43. The molecule has 0 amide bonds. The summed E-state index contributed by atoms with van der Waals surface area (Å²) in [5.74, 6) is -0.0382. The van der Waals surface area contributed by atoms with Gasteiger partial charge in [-0.1, -0.05) is 23.4 Å². The topological polar surface area (TPSA) is 50.8 Å². The van der Waals surface area contributed by atoms with Gasteiger partial charge >= 0.3 is 0 Å². The van der Waals surface area contributed by atoms with Crippen molar-refractivity contribution in [1.82, 2.24) is 5.16 Å². The second-order valence-corrected chi connectivity index (χ2v) is 3.68. The van der Waals surface area contributed by atoms with Crippen LogP contribution in [0.1, 0.15) is 0 Å². The molecule has 0 bridgehead atoms. The van der Waals surface area contributed by atoms with Crippen LogP contribution in [0.4, 0.5) is 16.0 Å². The highest BCUT2D eigenvalue weighted by Crippen LogP contribution is 2.27. The molecule has 0 aliphatic heterocycles. The van der Waals surface area contributed by atoms with E-state index in [4.69, 9.17) is 4.52 Å². The van der Waals surface area contributed by atoms with Gasteiger partial charge in [-0.3, -0.25) is 0 Å². The first-order valence-electron chi connectivity index (χ1n) is 5.35. The quantitative estimate of drug-likeness (QED) is 0.625. The van der Waals surface area contributed by atoms with Gasteiger partial charge in [-0.2, -0.15) is 0 Å². The number of halogens is 1. The molecule has 0 aliphatic rings. The fraction of sp³-hybridized carbons (Fsp3) is 0. The van der Waals surface area contributed by atoms with Crippen LogP contribution in [0.3, 0.4) is 0 Å². The number of fused-ring (bicyclic) bond motifs is 1. The van der Waals surface area contributed by atoms with Crippen LogP contribution in [0.5, 0.6) is 0 Å². The second-order valence-electron chi connectivity index (χ2n) is 3.68. The van der Waals surface area contributed by atoms with Crippen molar-refractivity contribution in [2.24, 2.45) is 10.2 Å². The van der Waals surface area contributed by atoms with Crippen LogP contribution in [0, 0.1) is 5.82 Å². The minimum Gasteiger partial charge on any atom is -0.334 e.